The topological polar surface area (TPSA) is 71.1 Å². The Balaban J connectivity index is 1.38. The van der Waals surface area contributed by atoms with Crippen molar-refractivity contribution >= 4 is 34.1 Å². The number of fused-ring (bicyclic) bond motifs is 1. The van der Waals surface area contributed by atoms with Gasteiger partial charge in [-0.15, -0.1) is 0 Å². The minimum atomic E-state index is -0.297. The van der Waals surface area contributed by atoms with E-state index in [1.807, 2.05) is 54.6 Å². The molecule has 2 atom stereocenters. The molecule has 1 heterocycles. The van der Waals surface area contributed by atoms with E-state index in [0.717, 1.165) is 16.6 Å². The number of aromatic nitrogens is 1. The van der Waals surface area contributed by atoms with Gasteiger partial charge in [-0.05, 0) is 42.2 Å². The van der Waals surface area contributed by atoms with E-state index in [1.54, 1.807) is 6.20 Å². The predicted molar refractivity (Wildman–Crippen MR) is 111 cm³/mol. The molecule has 1 fully saturated rings. The van der Waals surface area contributed by atoms with Gasteiger partial charge in [0.2, 0.25) is 11.8 Å². The summed E-state index contributed by atoms with van der Waals surface area (Å²) >= 11 is 0. The average molecular weight is 373 g/mol. The van der Waals surface area contributed by atoms with Crippen molar-refractivity contribution in [2.75, 3.05) is 10.6 Å². The molecule has 142 valence electrons. The molecule has 3 aromatic rings. The summed E-state index contributed by atoms with van der Waals surface area (Å²) in [6.07, 6.45) is 2.27. The number of carbonyl (C=O) groups is 2. The molecule has 1 aromatic heterocycles. The van der Waals surface area contributed by atoms with Crippen LogP contribution in [0.2, 0.25) is 0 Å². The summed E-state index contributed by atoms with van der Waals surface area (Å²) in [6.45, 7) is 4.26. The van der Waals surface area contributed by atoms with Gasteiger partial charge in [-0.1, -0.05) is 44.2 Å². The van der Waals surface area contributed by atoms with Crippen LogP contribution in [0.1, 0.15) is 31.7 Å². The van der Waals surface area contributed by atoms with Crippen LogP contribution in [0, 0.1) is 11.8 Å². The standard InChI is InChI=1S/C23H23N3O2/c1-14(2)15-8-10-17(11-9-15)25-22(27)18-13-19(18)23(28)26-20-7-3-5-16-6-4-12-24-21(16)20/h3-12,14,18-19H,13H2,1-2H3,(H,25,27)(H,26,28). The van der Waals surface area contributed by atoms with Gasteiger partial charge in [-0.25, -0.2) is 0 Å². The van der Waals surface area contributed by atoms with Crippen molar-refractivity contribution in [1.82, 2.24) is 4.98 Å². The van der Waals surface area contributed by atoms with E-state index in [9.17, 15) is 9.59 Å². The molecule has 0 radical (unpaired) electrons. The number of hydrogen-bond acceptors (Lipinski definition) is 3. The summed E-state index contributed by atoms with van der Waals surface area (Å²) in [5.41, 5.74) is 3.42. The molecule has 5 heteroatoms. The molecule has 0 aliphatic heterocycles. The minimum Gasteiger partial charge on any atom is -0.326 e. The maximum atomic E-state index is 12.6. The summed E-state index contributed by atoms with van der Waals surface area (Å²) in [4.78, 5) is 29.4. The summed E-state index contributed by atoms with van der Waals surface area (Å²) in [5.74, 6) is -0.367. The molecule has 28 heavy (non-hydrogen) atoms. The summed E-state index contributed by atoms with van der Waals surface area (Å²) < 4.78 is 0. The van der Waals surface area contributed by atoms with Crippen LogP contribution in [0.5, 0.6) is 0 Å². The van der Waals surface area contributed by atoms with Gasteiger partial charge in [0.1, 0.15) is 0 Å². The van der Waals surface area contributed by atoms with Crippen LogP contribution < -0.4 is 10.6 Å². The largest absolute Gasteiger partial charge is 0.326 e. The third kappa shape index (κ3) is 3.74. The summed E-state index contributed by atoms with van der Waals surface area (Å²) in [7, 11) is 0. The van der Waals surface area contributed by atoms with Gasteiger partial charge >= 0.3 is 0 Å². The third-order valence-electron chi connectivity index (χ3n) is 5.20. The molecule has 1 aliphatic rings. The lowest BCUT2D eigenvalue weighted by atomic mass is 10.0. The smallest absolute Gasteiger partial charge is 0.228 e. The second-order valence-electron chi connectivity index (χ2n) is 7.58. The second kappa shape index (κ2) is 7.43. The number of amides is 2. The number of pyridine rings is 1. The van der Waals surface area contributed by atoms with Gasteiger partial charge in [0.15, 0.2) is 0 Å². The number of hydrogen-bond donors (Lipinski definition) is 2. The van der Waals surface area contributed by atoms with Crippen LogP contribution in [0.4, 0.5) is 11.4 Å². The van der Waals surface area contributed by atoms with Crippen LogP contribution in [0.15, 0.2) is 60.8 Å². The number of nitrogens with one attached hydrogen (secondary N) is 2. The zero-order valence-electron chi connectivity index (χ0n) is 16.0. The molecule has 0 bridgehead atoms. The zero-order chi connectivity index (χ0) is 19.7. The molecule has 4 rings (SSSR count). The number of anilines is 2. The Hall–Kier alpha value is -3.21. The Morgan fingerprint density at radius 2 is 1.61 bits per heavy atom. The van der Waals surface area contributed by atoms with E-state index < -0.39 is 0 Å². The lowest BCUT2D eigenvalue weighted by molar-refractivity contribution is -0.122. The molecular weight excluding hydrogens is 350 g/mol. The van der Waals surface area contributed by atoms with Gasteiger partial charge in [-0.2, -0.15) is 0 Å². The SMILES string of the molecule is CC(C)c1ccc(NC(=O)C2CC2C(=O)Nc2cccc3cccnc23)cc1. The highest BCUT2D eigenvalue weighted by molar-refractivity contribution is 6.06. The normalized spacial score (nSPS) is 18.1. The van der Waals surface area contributed by atoms with E-state index in [-0.39, 0.29) is 23.7 Å². The molecular formula is C23H23N3O2. The van der Waals surface area contributed by atoms with Crippen LogP contribution >= 0.6 is 0 Å². The number of carbonyl (C=O) groups excluding carboxylic acids is 2. The third-order valence-corrected chi connectivity index (χ3v) is 5.20. The van der Waals surface area contributed by atoms with Crippen LogP contribution in [0.25, 0.3) is 10.9 Å². The first kappa shape index (κ1) is 18.2. The van der Waals surface area contributed by atoms with Crippen LogP contribution in [-0.2, 0) is 9.59 Å². The highest BCUT2D eigenvalue weighted by Gasteiger charge is 2.48. The number of para-hydroxylation sites is 1. The van der Waals surface area contributed by atoms with E-state index >= 15 is 0 Å². The predicted octanol–water partition coefficient (Wildman–Crippen LogP) is 4.57. The Bertz CT molecular complexity index is 1020. The molecule has 0 saturated heterocycles. The van der Waals surface area contributed by atoms with Crippen molar-refractivity contribution < 1.29 is 9.59 Å². The number of nitrogens with zero attached hydrogens (tertiary/aromatic N) is 1. The minimum absolute atomic E-state index is 0.103. The summed E-state index contributed by atoms with van der Waals surface area (Å²) in [5, 5.41) is 6.82. The maximum absolute atomic E-state index is 12.6. The number of rotatable bonds is 5. The van der Waals surface area contributed by atoms with Crippen molar-refractivity contribution in [3.63, 3.8) is 0 Å². The lowest BCUT2D eigenvalue weighted by Gasteiger charge is -2.09. The van der Waals surface area contributed by atoms with Crippen LogP contribution in [0.3, 0.4) is 0 Å². The van der Waals surface area contributed by atoms with Crippen molar-refractivity contribution in [3.05, 3.63) is 66.4 Å². The Morgan fingerprint density at radius 3 is 2.32 bits per heavy atom. The van der Waals surface area contributed by atoms with E-state index in [1.165, 1.54) is 5.56 Å². The van der Waals surface area contributed by atoms with Gasteiger partial charge in [0, 0.05) is 17.3 Å². The molecule has 2 unspecified atom stereocenters. The second-order valence-corrected chi connectivity index (χ2v) is 7.58. The highest BCUT2D eigenvalue weighted by Crippen LogP contribution is 2.40. The first-order valence-electron chi connectivity index (χ1n) is 9.58. The first-order valence-corrected chi connectivity index (χ1v) is 9.58. The highest BCUT2D eigenvalue weighted by atomic mass is 16.2. The van der Waals surface area contributed by atoms with E-state index in [0.29, 0.717) is 18.0 Å². The van der Waals surface area contributed by atoms with Crippen molar-refractivity contribution in [2.24, 2.45) is 11.8 Å². The van der Waals surface area contributed by atoms with Crippen molar-refractivity contribution in [3.8, 4) is 0 Å². The molecule has 5 nitrogen and oxygen atoms in total. The fourth-order valence-corrected chi connectivity index (χ4v) is 3.39. The van der Waals surface area contributed by atoms with Crippen molar-refractivity contribution in [2.45, 2.75) is 26.2 Å². The maximum Gasteiger partial charge on any atom is 0.228 e. The molecule has 2 N–H and O–H groups in total. The van der Waals surface area contributed by atoms with Gasteiger partial charge in [0.05, 0.1) is 23.0 Å². The molecule has 0 spiro atoms. The van der Waals surface area contributed by atoms with E-state index in [2.05, 4.69) is 29.5 Å². The number of benzene rings is 2. The monoisotopic (exact) mass is 373 g/mol. The quantitative estimate of drug-likeness (QED) is 0.688. The van der Waals surface area contributed by atoms with Gasteiger partial charge in [-0.3, -0.25) is 14.6 Å². The van der Waals surface area contributed by atoms with E-state index in [4.69, 9.17) is 0 Å². The zero-order valence-corrected chi connectivity index (χ0v) is 16.0. The molecule has 1 saturated carbocycles. The Labute approximate surface area is 164 Å². The molecule has 1 aliphatic carbocycles. The molecule has 2 amide bonds. The van der Waals surface area contributed by atoms with Crippen LogP contribution in [-0.4, -0.2) is 16.8 Å². The first-order chi connectivity index (χ1) is 13.5. The molecule has 2 aromatic carbocycles. The fraction of sp³-hybridized carbons (Fsp3) is 0.261. The summed E-state index contributed by atoms with van der Waals surface area (Å²) in [6, 6.07) is 17.3. The van der Waals surface area contributed by atoms with Gasteiger partial charge < -0.3 is 10.6 Å². The lowest BCUT2D eigenvalue weighted by Crippen LogP contribution is -2.20. The van der Waals surface area contributed by atoms with Gasteiger partial charge in [0.25, 0.3) is 0 Å². The average Bonchev–Trinajstić information content (AvgIpc) is 3.50. The van der Waals surface area contributed by atoms with Crippen molar-refractivity contribution in [1.29, 1.82) is 0 Å². The fourth-order valence-electron chi connectivity index (χ4n) is 3.39. The Morgan fingerprint density at radius 1 is 0.929 bits per heavy atom. The Kier molecular flexibility index (Phi) is 4.82.